The van der Waals surface area contributed by atoms with Gasteiger partial charge in [0.1, 0.15) is 5.75 Å². The summed E-state index contributed by atoms with van der Waals surface area (Å²) >= 11 is 7.31. The van der Waals surface area contributed by atoms with Crippen molar-refractivity contribution in [3.8, 4) is 17.1 Å². The lowest BCUT2D eigenvalue weighted by Gasteiger charge is -1.99. The fourth-order valence-electron chi connectivity index (χ4n) is 2.39. The highest BCUT2D eigenvalue weighted by Crippen LogP contribution is 2.29. The third-order valence-electron chi connectivity index (χ3n) is 3.69. The average molecular weight is 386 g/mol. The van der Waals surface area contributed by atoms with Gasteiger partial charge >= 0.3 is 0 Å². The van der Waals surface area contributed by atoms with Gasteiger partial charge < -0.3 is 9.26 Å². The molecule has 4 rings (SSSR count). The van der Waals surface area contributed by atoms with Gasteiger partial charge in [-0.05, 0) is 42.5 Å². The van der Waals surface area contributed by atoms with Gasteiger partial charge in [0.25, 0.3) is 5.91 Å². The maximum atomic E-state index is 12.4. The summed E-state index contributed by atoms with van der Waals surface area (Å²) < 4.78 is 11.3. The summed E-state index contributed by atoms with van der Waals surface area (Å²) in [4.78, 5) is 16.7. The van der Waals surface area contributed by atoms with Gasteiger partial charge in [-0.15, -0.1) is 0 Å². The number of benzene rings is 2. The van der Waals surface area contributed by atoms with Gasteiger partial charge in [-0.2, -0.15) is 0 Å². The number of aromatic nitrogens is 2. The summed E-state index contributed by atoms with van der Waals surface area (Å²) in [7, 11) is 1.60. The molecule has 0 saturated carbocycles. The lowest BCUT2D eigenvalue weighted by molar-refractivity contribution is 0.101. The Morgan fingerprint density at radius 1 is 1.19 bits per heavy atom. The zero-order valence-corrected chi connectivity index (χ0v) is 15.1. The van der Waals surface area contributed by atoms with Crippen LogP contribution in [0.3, 0.4) is 0 Å². The predicted molar refractivity (Wildman–Crippen MR) is 101 cm³/mol. The minimum absolute atomic E-state index is 0.174. The number of carbonyl (C=O) groups excluding carboxylic acids is 1. The van der Waals surface area contributed by atoms with Crippen LogP contribution in [0.4, 0.5) is 5.13 Å². The highest BCUT2D eigenvalue weighted by molar-refractivity contribution is 7.22. The van der Waals surface area contributed by atoms with Crippen LogP contribution in [0.2, 0.25) is 5.02 Å². The van der Waals surface area contributed by atoms with Crippen LogP contribution in [-0.4, -0.2) is 23.2 Å². The van der Waals surface area contributed by atoms with Gasteiger partial charge in [0.15, 0.2) is 16.6 Å². The van der Waals surface area contributed by atoms with Crippen LogP contribution in [0.5, 0.6) is 5.75 Å². The number of methoxy groups -OCH3 is 1. The lowest BCUT2D eigenvalue weighted by atomic mass is 10.1. The SMILES string of the molecule is COc1ccc(-c2cc(C(=O)Nc3nc4ccc(Cl)cc4s3)no2)cc1. The number of carbonyl (C=O) groups is 1. The van der Waals surface area contributed by atoms with E-state index in [9.17, 15) is 4.79 Å². The molecule has 0 saturated heterocycles. The highest BCUT2D eigenvalue weighted by atomic mass is 35.5. The van der Waals surface area contributed by atoms with Gasteiger partial charge in [0.05, 0.1) is 17.3 Å². The molecule has 0 radical (unpaired) electrons. The molecule has 1 N–H and O–H groups in total. The third-order valence-corrected chi connectivity index (χ3v) is 4.86. The molecule has 0 aliphatic rings. The molecule has 0 fully saturated rings. The molecule has 8 heteroatoms. The molecule has 0 unspecified atom stereocenters. The molecule has 2 aromatic carbocycles. The first-order valence-corrected chi connectivity index (χ1v) is 8.80. The Bertz CT molecular complexity index is 1090. The number of thiazole rings is 1. The normalized spacial score (nSPS) is 10.8. The maximum Gasteiger partial charge on any atom is 0.279 e. The number of rotatable bonds is 4. The highest BCUT2D eigenvalue weighted by Gasteiger charge is 2.16. The van der Waals surface area contributed by atoms with Crippen molar-refractivity contribution in [3.63, 3.8) is 0 Å². The average Bonchev–Trinajstić information content (AvgIpc) is 3.28. The zero-order chi connectivity index (χ0) is 18.1. The largest absolute Gasteiger partial charge is 0.497 e. The molecule has 2 aromatic heterocycles. The number of hydrogen-bond acceptors (Lipinski definition) is 6. The van der Waals surface area contributed by atoms with Crippen molar-refractivity contribution in [1.29, 1.82) is 0 Å². The fourth-order valence-corrected chi connectivity index (χ4v) is 3.52. The molecule has 2 heterocycles. The second kappa shape index (κ2) is 6.78. The van der Waals surface area contributed by atoms with Crippen molar-refractivity contribution in [2.75, 3.05) is 12.4 Å². The van der Waals surface area contributed by atoms with Crippen LogP contribution in [0, 0.1) is 0 Å². The number of anilines is 1. The monoisotopic (exact) mass is 385 g/mol. The molecule has 6 nitrogen and oxygen atoms in total. The first kappa shape index (κ1) is 16.6. The quantitative estimate of drug-likeness (QED) is 0.542. The van der Waals surface area contributed by atoms with E-state index in [2.05, 4.69) is 15.5 Å². The number of amides is 1. The van der Waals surface area contributed by atoms with Crippen molar-refractivity contribution >= 4 is 44.2 Å². The number of fused-ring (bicyclic) bond motifs is 1. The Balaban J connectivity index is 1.53. The van der Waals surface area contributed by atoms with Crippen molar-refractivity contribution in [2.45, 2.75) is 0 Å². The Labute approximate surface area is 157 Å². The Morgan fingerprint density at radius 3 is 2.77 bits per heavy atom. The van der Waals surface area contributed by atoms with E-state index in [0.717, 1.165) is 21.5 Å². The summed E-state index contributed by atoms with van der Waals surface area (Å²) in [6.07, 6.45) is 0. The summed E-state index contributed by atoms with van der Waals surface area (Å²) in [6, 6.07) is 14.2. The standard InChI is InChI=1S/C18H12ClN3O3S/c1-24-12-5-2-10(3-6-12)15-9-14(22-25-15)17(23)21-18-20-13-7-4-11(19)8-16(13)26-18/h2-9H,1H3,(H,20,21,23). The number of ether oxygens (including phenoxy) is 1. The van der Waals surface area contributed by atoms with Crippen molar-refractivity contribution in [3.05, 3.63) is 59.2 Å². The molecule has 0 bridgehead atoms. The third kappa shape index (κ3) is 3.26. The summed E-state index contributed by atoms with van der Waals surface area (Å²) in [5.41, 5.74) is 1.74. The van der Waals surface area contributed by atoms with E-state index in [1.807, 2.05) is 36.4 Å². The van der Waals surface area contributed by atoms with Gasteiger partial charge in [-0.3, -0.25) is 10.1 Å². The molecule has 1 amide bonds. The predicted octanol–water partition coefficient (Wildman–Crippen LogP) is 4.87. The van der Waals surface area contributed by atoms with Crippen molar-refractivity contribution < 1.29 is 14.1 Å². The Hall–Kier alpha value is -2.90. The molecule has 0 aliphatic carbocycles. The van der Waals surface area contributed by atoms with Crippen LogP contribution in [-0.2, 0) is 0 Å². The van der Waals surface area contributed by atoms with Crippen molar-refractivity contribution in [2.24, 2.45) is 0 Å². The molecular weight excluding hydrogens is 374 g/mol. The molecular formula is C18H12ClN3O3S. The first-order valence-electron chi connectivity index (χ1n) is 7.61. The molecule has 26 heavy (non-hydrogen) atoms. The molecule has 130 valence electrons. The number of nitrogens with one attached hydrogen (secondary N) is 1. The Morgan fingerprint density at radius 2 is 2.00 bits per heavy atom. The first-order chi connectivity index (χ1) is 12.6. The van der Waals surface area contributed by atoms with Crippen LogP contribution in [0.1, 0.15) is 10.5 Å². The molecule has 0 spiro atoms. The van der Waals surface area contributed by atoms with Crippen LogP contribution in [0.15, 0.2) is 53.1 Å². The van der Waals surface area contributed by atoms with Gasteiger partial charge in [-0.1, -0.05) is 28.1 Å². The van der Waals surface area contributed by atoms with Gasteiger partial charge in [-0.25, -0.2) is 4.98 Å². The topological polar surface area (TPSA) is 77.2 Å². The van der Waals surface area contributed by atoms with Crippen LogP contribution < -0.4 is 10.1 Å². The van der Waals surface area contributed by atoms with Gasteiger partial charge in [0, 0.05) is 16.7 Å². The Kier molecular flexibility index (Phi) is 4.32. The van der Waals surface area contributed by atoms with Crippen LogP contribution >= 0.6 is 22.9 Å². The smallest absolute Gasteiger partial charge is 0.279 e. The summed E-state index contributed by atoms with van der Waals surface area (Å²) in [5, 5.41) is 7.67. The second-order valence-electron chi connectivity index (χ2n) is 5.39. The number of hydrogen-bond donors (Lipinski definition) is 1. The van der Waals surface area contributed by atoms with Crippen LogP contribution in [0.25, 0.3) is 21.5 Å². The number of halogens is 1. The zero-order valence-electron chi connectivity index (χ0n) is 13.5. The lowest BCUT2D eigenvalue weighted by Crippen LogP contribution is -2.11. The maximum absolute atomic E-state index is 12.4. The van der Waals surface area contributed by atoms with E-state index < -0.39 is 5.91 Å². The van der Waals surface area contributed by atoms with E-state index in [1.165, 1.54) is 11.3 Å². The van der Waals surface area contributed by atoms with Gasteiger partial charge in [0.2, 0.25) is 0 Å². The minimum Gasteiger partial charge on any atom is -0.497 e. The summed E-state index contributed by atoms with van der Waals surface area (Å²) in [6.45, 7) is 0. The van der Waals surface area contributed by atoms with E-state index in [0.29, 0.717) is 15.9 Å². The summed E-state index contributed by atoms with van der Waals surface area (Å²) in [5.74, 6) is 0.842. The van der Waals surface area contributed by atoms with E-state index in [1.54, 1.807) is 19.2 Å². The molecule has 0 aliphatic heterocycles. The molecule has 4 aromatic rings. The number of nitrogens with zero attached hydrogens (tertiary/aromatic N) is 2. The molecule has 0 atom stereocenters. The van der Waals surface area contributed by atoms with E-state index in [-0.39, 0.29) is 5.69 Å². The van der Waals surface area contributed by atoms with Crippen molar-refractivity contribution in [1.82, 2.24) is 10.1 Å². The second-order valence-corrected chi connectivity index (χ2v) is 6.86. The van der Waals surface area contributed by atoms with E-state index >= 15 is 0 Å². The fraction of sp³-hybridized carbons (Fsp3) is 0.0556. The van der Waals surface area contributed by atoms with E-state index in [4.69, 9.17) is 20.9 Å². The minimum atomic E-state index is -0.390.